The summed E-state index contributed by atoms with van der Waals surface area (Å²) in [7, 11) is 1.79. The molecule has 1 saturated heterocycles. The van der Waals surface area contributed by atoms with Gasteiger partial charge in [0, 0.05) is 26.7 Å². The van der Waals surface area contributed by atoms with Crippen molar-refractivity contribution in [2.45, 2.75) is 26.7 Å². The highest BCUT2D eigenvalue weighted by Crippen LogP contribution is 2.19. The lowest BCUT2D eigenvalue weighted by atomic mass is 10.2. The predicted molar refractivity (Wildman–Crippen MR) is 82.0 cm³/mol. The minimum atomic E-state index is 0.351. The topological polar surface area (TPSA) is 72.4 Å². The number of hydrogen-bond donors (Lipinski definition) is 1. The highest BCUT2D eigenvalue weighted by Gasteiger charge is 2.17. The number of nitrogens with zero attached hydrogens (tertiary/aromatic N) is 4. The molecule has 1 aromatic heterocycles. The smallest absolute Gasteiger partial charge is 0.323 e. The molecule has 0 saturated carbocycles. The van der Waals surface area contributed by atoms with Crippen molar-refractivity contribution in [3.05, 3.63) is 0 Å². The van der Waals surface area contributed by atoms with Gasteiger partial charge in [0.05, 0.1) is 6.61 Å². The Kier molecular flexibility index (Phi) is 5.98. The molecule has 1 N–H and O–H groups in total. The van der Waals surface area contributed by atoms with E-state index in [2.05, 4.69) is 39.0 Å². The van der Waals surface area contributed by atoms with Gasteiger partial charge in [-0.2, -0.15) is 15.0 Å². The number of anilines is 2. The fourth-order valence-electron chi connectivity index (χ4n) is 2.09. The molecule has 21 heavy (non-hydrogen) atoms. The Hall–Kier alpha value is -1.63. The average Bonchev–Trinajstić information content (AvgIpc) is 3.00. The van der Waals surface area contributed by atoms with Crippen LogP contribution in [0.3, 0.4) is 0 Å². The maximum Gasteiger partial charge on any atom is 0.323 e. The van der Waals surface area contributed by atoms with Crippen LogP contribution < -0.4 is 15.0 Å². The second kappa shape index (κ2) is 7.97. The first-order valence-electron chi connectivity index (χ1n) is 7.58. The Balaban J connectivity index is 1.90. The molecule has 0 atom stereocenters. The van der Waals surface area contributed by atoms with Crippen molar-refractivity contribution in [1.82, 2.24) is 15.0 Å². The Morgan fingerprint density at radius 3 is 2.57 bits per heavy atom. The van der Waals surface area contributed by atoms with Crippen molar-refractivity contribution in [2.24, 2.45) is 5.92 Å². The van der Waals surface area contributed by atoms with E-state index in [0.717, 1.165) is 19.7 Å². The van der Waals surface area contributed by atoms with Crippen LogP contribution in [0.5, 0.6) is 6.01 Å². The van der Waals surface area contributed by atoms with Crippen LogP contribution in [-0.2, 0) is 4.74 Å². The van der Waals surface area contributed by atoms with Crippen LogP contribution >= 0.6 is 0 Å². The molecule has 1 aliphatic heterocycles. The van der Waals surface area contributed by atoms with Gasteiger partial charge in [0.15, 0.2) is 0 Å². The van der Waals surface area contributed by atoms with Crippen molar-refractivity contribution in [3.63, 3.8) is 0 Å². The molecule has 0 spiro atoms. The van der Waals surface area contributed by atoms with Crippen LogP contribution in [0.2, 0.25) is 0 Å². The van der Waals surface area contributed by atoms with Gasteiger partial charge in [-0.25, -0.2) is 0 Å². The van der Waals surface area contributed by atoms with Crippen molar-refractivity contribution in [3.8, 4) is 6.01 Å². The van der Waals surface area contributed by atoms with E-state index in [1.165, 1.54) is 12.8 Å². The second-order valence-electron chi connectivity index (χ2n) is 5.50. The van der Waals surface area contributed by atoms with E-state index in [9.17, 15) is 0 Å². The predicted octanol–water partition coefficient (Wildman–Crippen LogP) is 1.56. The largest absolute Gasteiger partial charge is 0.461 e. The molecular weight excluding hydrogens is 270 g/mol. The van der Waals surface area contributed by atoms with Gasteiger partial charge in [0.2, 0.25) is 11.9 Å². The first kappa shape index (κ1) is 15.8. The van der Waals surface area contributed by atoms with Crippen LogP contribution in [0.1, 0.15) is 26.7 Å². The highest BCUT2D eigenvalue weighted by molar-refractivity contribution is 5.38. The third-order valence-electron chi connectivity index (χ3n) is 3.13. The van der Waals surface area contributed by atoms with Crippen molar-refractivity contribution >= 4 is 11.9 Å². The fraction of sp³-hybridized carbons (Fsp3) is 0.786. The Morgan fingerprint density at radius 2 is 1.90 bits per heavy atom. The average molecular weight is 295 g/mol. The van der Waals surface area contributed by atoms with Gasteiger partial charge >= 0.3 is 6.01 Å². The zero-order chi connectivity index (χ0) is 15.1. The summed E-state index contributed by atoms with van der Waals surface area (Å²) in [4.78, 5) is 15.1. The van der Waals surface area contributed by atoms with Gasteiger partial charge in [-0.05, 0) is 18.8 Å². The molecule has 0 radical (unpaired) electrons. The quantitative estimate of drug-likeness (QED) is 0.730. The van der Waals surface area contributed by atoms with E-state index in [-0.39, 0.29) is 0 Å². The normalized spacial score (nSPS) is 14.8. The summed E-state index contributed by atoms with van der Waals surface area (Å²) in [5, 5.41) is 2.95. The molecule has 2 heterocycles. The van der Waals surface area contributed by atoms with Crippen LogP contribution in [0.4, 0.5) is 11.9 Å². The third-order valence-corrected chi connectivity index (χ3v) is 3.13. The first-order chi connectivity index (χ1) is 10.2. The van der Waals surface area contributed by atoms with Gasteiger partial charge in [-0.15, -0.1) is 0 Å². The first-order valence-corrected chi connectivity index (χ1v) is 7.58. The minimum Gasteiger partial charge on any atom is -0.461 e. The Labute approximate surface area is 126 Å². The lowest BCUT2D eigenvalue weighted by Crippen LogP contribution is -2.22. The van der Waals surface area contributed by atoms with Gasteiger partial charge in [-0.3, -0.25) is 0 Å². The van der Waals surface area contributed by atoms with E-state index >= 15 is 0 Å². The van der Waals surface area contributed by atoms with Crippen LogP contribution in [0, 0.1) is 5.92 Å². The molecule has 7 nitrogen and oxygen atoms in total. The monoisotopic (exact) mass is 295 g/mol. The minimum absolute atomic E-state index is 0.351. The SMILES string of the molecule is CNc1nc(OCCOCC(C)C)nc(N2CCCC2)n1. The maximum atomic E-state index is 5.58. The summed E-state index contributed by atoms with van der Waals surface area (Å²) in [5.74, 6) is 1.75. The molecule has 7 heteroatoms. The maximum absolute atomic E-state index is 5.58. The second-order valence-corrected chi connectivity index (χ2v) is 5.50. The fourth-order valence-corrected chi connectivity index (χ4v) is 2.09. The Bertz CT molecular complexity index is 435. The number of nitrogens with one attached hydrogen (secondary N) is 1. The zero-order valence-corrected chi connectivity index (χ0v) is 13.1. The molecule has 1 fully saturated rings. The summed E-state index contributed by atoms with van der Waals surface area (Å²) in [6.07, 6.45) is 2.36. The summed E-state index contributed by atoms with van der Waals surface area (Å²) in [6.45, 7) is 7.94. The molecular formula is C14H25N5O2. The van der Waals surface area contributed by atoms with E-state index in [1.54, 1.807) is 7.05 Å². The molecule has 0 aliphatic carbocycles. The number of ether oxygens (including phenoxy) is 2. The van der Waals surface area contributed by atoms with Crippen LogP contribution in [0.25, 0.3) is 0 Å². The van der Waals surface area contributed by atoms with Crippen molar-refractivity contribution in [1.29, 1.82) is 0 Å². The van der Waals surface area contributed by atoms with Crippen molar-refractivity contribution < 1.29 is 9.47 Å². The molecule has 0 aromatic carbocycles. The molecule has 1 aromatic rings. The van der Waals surface area contributed by atoms with E-state index in [4.69, 9.17) is 9.47 Å². The molecule has 118 valence electrons. The van der Waals surface area contributed by atoms with E-state index in [0.29, 0.717) is 37.0 Å². The molecule has 2 rings (SSSR count). The summed E-state index contributed by atoms with van der Waals surface area (Å²) in [6, 6.07) is 0.351. The van der Waals surface area contributed by atoms with Crippen LogP contribution in [-0.4, -0.2) is 54.9 Å². The van der Waals surface area contributed by atoms with E-state index in [1.807, 2.05) is 0 Å². The molecule has 0 unspecified atom stereocenters. The lowest BCUT2D eigenvalue weighted by molar-refractivity contribution is 0.0792. The van der Waals surface area contributed by atoms with Crippen molar-refractivity contribution in [2.75, 3.05) is 50.2 Å². The number of rotatable bonds is 8. The zero-order valence-electron chi connectivity index (χ0n) is 13.1. The summed E-state index contributed by atoms with van der Waals surface area (Å²) < 4.78 is 11.1. The summed E-state index contributed by atoms with van der Waals surface area (Å²) in [5.41, 5.74) is 0. The van der Waals surface area contributed by atoms with Crippen LogP contribution in [0.15, 0.2) is 0 Å². The lowest BCUT2D eigenvalue weighted by Gasteiger charge is -2.16. The molecule has 0 amide bonds. The summed E-state index contributed by atoms with van der Waals surface area (Å²) >= 11 is 0. The number of aromatic nitrogens is 3. The van der Waals surface area contributed by atoms with Gasteiger partial charge in [0.1, 0.15) is 6.61 Å². The standard InChI is InChI=1S/C14H25N5O2/c1-11(2)10-20-8-9-21-14-17-12(15-3)16-13(18-14)19-6-4-5-7-19/h11H,4-10H2,1-3H3,(H,15,16,17,18). The van der Waals surface area contributed by atoms with Gasteiger partial charge in [-0.1, -0.05) is 13.8 Å². The Morgan fingerprint density at radius 1 is 1.14 bits per heavy atom. The van der Waals surface area contributed by atoms with Gasteiger partial charge in [0.25, 0.3) is 0 Å². The third kappa shape index (κ3) is 5.00. The number of hydrogen-bond acceptors (Lipinski definition) is 7. The molecule has 1 aliphatic rings. The highest BCUT2D eigenvalue weighted by atomic mass is 16.5. The van der Waals surface area contributed by atoms with E-state index < -0.39 is 0 Å². The van der Waals surface area contributed by atoms with Gasteiger partial charge < -0.3 is 19.7 Å². The molecule has 0 bridgehead atoms.